The van der Waals surface area contributed by atoms with E-state index in [4.69, 9.17) is 17.3 Å². The van der Waals surface area contributed by atoms with Crippen LogP contribution in [-0.2, 0) is 0 Å². The van der Waals surface area contributed by atoms with Crippen LogP contribution in [0.25, 0.3) is 11.0 Å². The number of nitrogens with two attached hydrogens (primary N) is 1. The molecular formula is C15H13ClN5+. The molecule has 1 aliphatic rings. The van der Waals surface area contributed by atoms with E-state index in [1.807, 2.05) is 42.5 Å². The molecule has 0 fully saturated rings. The lowest BCUT2D eigenvalue weighted by molar-refractivity contribution is -0.674. The Balaban J connectivity index is 1.95. The zero-order valence-corrected chi connectivity index (χ0v) is 11.8. The van der Waals surface area contributed by atoms with E-state index in [2.05, 4.69) is 25.9 Å². The predicted molar refractivity (Wildman–Crippen MR) is 83.3 cm³/mol. The van der Waals surface area contributed by atoms with Crippen LogP contribution in [0.15, 0.2) is 53.5 Å². The molecule has 0 amide bonds. The number of hydrogen-bond acceptors (Lipinski definition) is 3. The molecule has 3 aromatic rings. The molecule has 4 rings (SSSR count). The summed E-state index contributed by atoms with van der Waals surface area (Å²) < 4.78 is 2.09. The number of aliphatic imine (C=N–C) groups is 1. The summed E-state index contributed by atoms with van der Waals surface area (Å²) in [5, 5.41) is 3.77. The van der Waals surface area contributed by atoms with Gasteiger partial charge in [-0.25, -0.2) is 14.9 Å². The molecule has 0 saturated heterocycles. The number of fused-ring (bicyclic) bond motifs is 3. The quantitative estimate of drug-likeness (QED) is 0.604. The summed E-state index contributed by atoms with van der Waals surface area (Å²) in [5.41, 5.74) is 9.03. The van der Waals surface area contributed by atoms with E-state index in [1.165, 1.54) is 0 Å². The van der Waals surface area contributed by atoms with Gasteiger partial charge in [0.05, 0.1) is 0 Å². The maximum absolute atomic E-state index is 5.97. The first-order valence-electron chi connectivity index (χ1n) is 6.60. The summed E-state index contributed by atoms with van der Waals surface area (Å²) in [6, 6.07) is 15.7. The standard InChI is InChI=1S/C15H12ClN5/c16-10-7-5-9(6-8-10)13-19-14(17)20-15-18-11-3-1-2-4-12(11)21(13)15/h1-8,13H,(H3,17,18,19,20)/p+1/t13-/m1/s1. The van der Waals surface area contributed by atoms with Crippen LogP contribution in [0.1, 0.15) is 11.7 Å². The third-order valence-electron chi connectivity index (χ3n) is 3.58. The van der Waals surface area contributed by atoms with Gasteiger partial charge < -0.3 is 5.73 Å². The van der Waals surface area contributed by atoms with Crippen LogP contribution in [0.4, 0.5) is 5.95 Å². The first-order valence-corrected chi connectivity index (χ1v) is 6.98. The van der Waals surface area contributed by atoms with Crippen LogP contribution in [-0.4, -0.2) is 10.9 Å². The van der Waals surface area contributed by atoms with E-state index in [-0.39, 0.29) is 6.17 Å². The van der Waals surface area contributed by atoms with Gasteiger partial charge in [-0.15, -0.1) is 0 Å². The van der Waals surface area contributed by atoms with Crippen molar-refractivity contribution in [3.63, 3.8) is 0 Å². The number of anilines is 1. The maximum atomic E-state index is 5.97. The number of para-hydroxylation sites is 2. The van der Waals surface area contributed by atoms with Crippen LogP contribution in [0.2, 0.25) is 5.02 Å². The first kappa shape index (κ1) is 12.2. The maximum Gasteiger partial charge on any atom is 0.365 e. The minimum absolute atomic E-state index is 0.213. The van der Waals surface area contributed by atoms with Gasteiger partial charge >= 0.3 is 5.95 Å². The molecule has 0 saturated carbocycles. The van der Waals surface area contributed by atoms with Gasteiger partial charge in [0.15, 0.2) is 0 Å². The third kappa shape index (κ3) is 1.94. The number of nitrogens with zero attached hydrogens (tertiary/aromatic N) is 2. The molecule has 21 heavy (non-hydrogen) atoms. The molecule has 1 aliphatic heterocycles. The van der Waals surface area contributed by atoms with Gasteiger partial charge in [0.1, 0.15) is 11.0 Å². The Kier molecular flexibility index (Phi) is 2.62. The van der Waals surface area contributed by atoms with Crippen molar-refractivity contribution in [3.8, 4) is 0 Å². The number of aromatic nitrogens is 2. The molecule has 0 bridgehead atoms. The lowest BCUT2D eigenvalue weighted by atomic mass is 10.1. The highest BCUT2D eigenvalue weighted by Gasteiger charge is 2.30. The fourth-order valence-corrected chi connectivity index (χ4v) is 2.77. The average Bonchev–Trinajstić information content (AvgIpc) is 2.85. The number of nitrogens with one attached hydrogen (secondary N) is 2. The van der Waals surface area contributed by atoms with Crippen molar-refractivity contribution >= 4 is 34.5 Å². The van der Waals surface area contributed by atoms with Crippen LogP contribution in [0.3, 0.4) is 0 Å². The number of benzene rings is 2. The normalized spacial score (nSPS) is 17.2. The lowest BCUT2D eigenvalue weighted by Gasteiger charge is -2.18. The van der Waals surface area contributed by atoms with E-state index < -0.39 is 0 Å². The number of H-pyrrole nitrogens is 1. The summed E-state index contributed by atoms with van der Waals surface area (Å²) >= 11 is 5.97. The minimum atomic E-state index is -0.213. The molecule has 6 heteroatoms. The molecule has 4 N–H and O–H groups in total. The van der Waals surface area contributed by atoms with Crippen LogP contribution < -0.4 is 15.6 Å². The first-order chi connectivity index (χ1) is 10.2. The molecule has 2 aromatic carbocycles. The number of imidazole rings is 1. The van der Waals surface area contributed by atoms with Gasteiger partial charge in [-0.1, -0.05) is 35.9 Å². The molecule has 1 atom stereocenters. The molecule has 1 aromatic heterocycles. The minimum Gasteiger partial charge on any atom is -0.357 e. The fraction of sp³-hybridized carbons (Fsp3) is 0.0667. The van der Waals surface area contributed by atoms with E-state index in [0.29, 0.717) is 11.0 Å². The number of guanidine groups is 1. The molecule has 0 unspecified atom stereocenters. The van der Waals surface area contributed by atoms with Gasteiger partial charge in [-0.05, 0) is 24.3 Å². The van der Waals surface area contributed by atoms with Gasteiger partial charge in [-0.3, -0.25) is 0 Å². The topological polar surface area (TPSA) is 70.1 Å². The smallest absolute Gasteiger partial charge is 0.357 e. The van der Waals surface area contributed by atoms with Gasteiger partial charge in [-0.2, -0.15) is 4.99 Å². The molecule has 2 heterocycles. The zero-order valence-electron chi connectivity index (χ0n) is 11.0. The van der Waals surface area contributed by atoms with Crippen molar-refractivity contribution < 1.29 is 4.57 Å². The molecule has 0 aliphatic carbocycles. The zero-order chi connectivity index (χ0) is 14.4. The fourth-order valence-electron chi connectivity index (χ4n) is 2.64. The third-order valence-corrected chi connectivity index (χ3v) is 3.83. The highest BCUT2D eigenvalue weighted by molar-refractivity contribution is 6.30. The van der Waals surface area contributed by atoms with Crippen molar-refractivity contribution in [3.05, 3.63) is 59.1 Å². The van der Waals surface area contributed by atoms with Gasteiger partial charge in [0.2, 0.25) is 6.17 Å². The van der Waals surface area contributed by atoms with Crippen LogP contribution >= 0.6 is 11.6 Å². The second kappa shape index (κ2) is 4.49. The summed E-state index contributed by atoms with van der Waals surface area (Å²) in [5.74, 6) is 1.21. The lowest BCUT2D eigenvalue weighted by Crippen LogP contribution is -2.48. The Labute approximate surface area is 126 Å². The Morgan fingerprint density at radius 2 is 1.86 bits per heavy atom. The highest BCUT2D eigenvalue weighted by atomic mass is 35.5. The van der Waals surface area contributed by atoms with Crippen LogP contribution in [0.5, 0.6) is 0 Å². The SMILES string of the molecule is NC1=N[C@@H](c2ccc(Cl)cc2)[n+]2c([nH]c3ccccc32)N1. The average molecular weight is 299 g/mol. The highest BCUT2D eigenvalue weighted by Crippen LogP contribution is 2.24. The second-order valence-corrected chi connectivity index (χ2v) is 5.36. The molecule has 104 valence electrons. The summed E-state index contributed by atoms with van der Waals surface area (Å²) in [6.45, 7) is 0. The summed E-state index contributed by atoms with van der Waals surface area (Å²) in [4.78, 5) is 7.85. The monoisotopic (exact) mass is 298 g/mol. The summed E-state index contributed by atoms with van der Waals surface area (Å²) in [7, 11) is 0. The van der Waals surface area contributed by atoms with Crippen LogP contribution in [0, 0.1) is 0 Å². The number of halogens is 1. The summed E-state index contributed by atoms with van der Waals surface area (Å²) in [6.07, 6.45) is -0.213. The van der Waals surface area contributed by atoms with E-state index in [0.717, 1.165) is 22.5 Å². The van der Waals surface area contributed by atoms with Crippen molar-refractivity contribution in [2.75, 3.05) is 5.32 Å². The number of hydrogen-bond donors (Lipinski definition) is 3. The van der Waals surface area contributed by atoms with E-state index in [1.54, 1.807) is 0 Å². The Bertz CT molecular complexity index is 850. The molecule has 5 nitrogen and oxygen atoms in total. The van der Waals surface area contributed by atoms with Crippen molar-refractivity contribution in [2.24, 2.45) is 10.7 Å². The number of aromatic amines is 1. The molecular weight excluding hydrogens is 286 g/mol. The van der Waals surface area contributed by atoms with E-state index in [9.17, 15) is 0 Å². The van der Waals surface area contributed by atoms with E-state index >= 15 is 0 Å². The Morgan fingerprint density at radius 3 is 2.67 bits per heavy atom. The van der Waals surface area contributed by atoms with Crippen molar-refractivity contribution in [1.82, 2.24) is 4.98 Å². The van der Waals surface area contributed by atoms with Crippen molar-refractivity contribution in [1.29, 1.82) is 0 Å². The number of rotatable bonds is 1. The second-order valence-electron chi connectivity index (χ2n) is 4.93. The van der Waals surface area contributed by atoms with Crippen molar-refractivity contribution in [2.45, 2.75) is 6.17 Å². The predicted octanol–water partition coefficient (Wildman–Crippen LogP) is 2.40. The van der Waals surface area contributed by atoms with Gasteiger partial charge in [0.25, 0.3) is 5.96 Å². The largest absolute Gasteiger partial charge is 0.365 e. The molecule has 0 radical (unpaired) electrons. The molecule has 0 spiro atoms. The Morgan fingerprint density at radius 1 is 1.10 bits per heavy atom. The Hall–Kier alpha value is -2.53. The van der Waals surface area contributed by atoms with Gasteiger partial charge in [0, 0.05) is 10.6 Å².